The summed E-state index contributed by atoms with van der Waals surface area (Å²) in [6.07, 6.45) is -2.65. The van der Waals surface area contributed by atoms with Crippen LogP contribution < -0.4 is 0 Å². The summed E-state index contributed by atoms with van der Waals surface area (Å²) in [5.74, 6) is -0.542. The van der Waals surface area contributed by atoms with Gasteiger partial charge in [-0.2, -0.15) is 5.26 Å². The van der Waals surface area contributed by atoms with Gasteiger partial charge in [-0.3, -0.25) is 4.79 Å². The lowest BCUT2D eigenvalue weighted by Gasteiger charge is -2.20. The smallest absolute Gasteiger partial charge is 0.308 e. The van der Waals surface area contributed by atoms with Crippen LogP contribution in [0.1, 0.15) is 33.6 Å². The Morgan fingerprint density at radius 1 is 1.47 bits per heavy atom. The molecule has 0 saturated heterocycles. The van der Waals surface area contributed by atoms with Gasteiger partial charge in [0.25, 0.3) is 0 Å². The predicted octanol–water partition coefficient (Wildman–Crippen LogP) is 0.354. The van der Waals surface area contributed by atoms with Crippen molar-refractivity contribution in [2.75, 3.05) is 0 Å². The van der Waals surface area contributed by atoms with Gasteiger partial charge in [0.05, 0.1) is 18.6 Å². The van der Waals surface area contributed by atoms with Gasteiger partial charge in [-0.1, -0.05) is 0 Å². The van der Waals surface area contributed by atoms with Crippen molar-refractivity contribution in [2.24, 2.45) is 0 Å². The molecule has 0 aliphatic carbocycles. The molecular weight excluding hydrogens is 198 g/mol. The number of aliphatic hydroxyl groups excluding tert-OH is 2. The number of carbonyl (C=O) groups excluding carboxylic acids is 1. The highest BCUT2D eigenvalue weighted by atomic mass is 16.6. The van der Waals surface area contributed by atoms with Gasteiger partial charge in [0.1, 0.15) is 11.7 Å². The van der Waals surface area contributed by atoms with Crippen molar-refractivity contribution in [3.8, 4) is 6.07 Å². The van der Waals surface area contributed by atoms with Crippen LogP contribution in [0.15, 0.2) is 0 Å². The molecule has 0 aliphatic rings. The molecule has 0 unspecified atom stereocenters. The first kappa shape index (κ1) is 13.9. The summed E-state index contributed by atoms with van der Waals surface area (Å²) in [6, 6.07) is 1.56. The molecule has 0 aromatic carbocycles. The normalized spacial score (nSPS) is 15.2. The fourth-order valence-corrected chi connectivity index (χ4v) is 0.969. The van der Waals surface area contributed by atoms with E-state index in [0.29, 0.717) is 0 Å². The van der Waals surface area contributed by atoms with Crippen molar-refractivity contribution in [1.82, 2.24) is 0 Å². The SMILES string of the molecule is CC(C)(C)OC(=O)C[C@H](O)C[C@H](O)C#N. The zero-order valence-corrected chi connectivity index (χ0v) is 9.23. The minimum atomic E-state index is -1.25. The Balaban J connectivity index is 3.93. The fraction of sp³-hybridized carbons (Fsp3) is 0.800. The van der Waals surface area contributed by atoms with Crippen molar-refractivity contribution < 1.29 is 19.7 Å². The summed E-state index contributed by atoms with van der Waals surface area (Å²) in [7, 11) is 0. The van der Waals surface area contributed by atoms with Crippen LogP contribution in [0.4, 0.5) is 0 Å². The molecule has 0 spiro atoms. The van der Waals surface area contributed by atoms with Crippen molar-refractivity contribution >= 4 is 5.97 Å². The number of ether oxygens (including phenoxy) is 1. The summed E-state index contributed by atoms with van der Waals surface area (Å²) in [5.41, 5.74) is -0.593. The Hall–Kier alpha value is -1.12. The first-order valence-electron chi connectivity index (χ1n) is 4.72. The molecule has 0 saturated carbocycles. The predicted molar refractivity (Wildman–Crippen MR) is 52.7 cm³/mol. The Labute approximate surface area is 89.3 Å². The molecule has 0 rings (SSSR count). The van der Waals surface area contributed by atoms with E-state index in [9.17, 15) is 9.90 Å². The number of hydrogen-bond donors (Lipinski definition) is 2. The van der Waals surface area contributed by atoms with Crippen LogP contribution in [0.2, 0.25) is 0 Å². The first-order chi connectivity index (χ1) is 6.74. The molecule has 5 nitrogen and oxygen atoms in total. The zero-order chi connectivity index (χ0) is 12.1. The van der Waals surface area contributed by atoms with E-state index in [1.165, 1.54) is 0 Å². The van der Waals surface area contributed by atoms with Gasteiger partial charge in [0.2, 0.25) is 0 Å². The van der Waals surface area contributed by atoms with Gasteiger partial charge < -0.3 is 14.9 Å². The number of nitrogens with zero attached hydrogens (tertiary/aromatic N) is 1. The molecule has 0 amide bonds. The van der Waals surface area contributed by atoms with Gasteiger partial charge in [-0.05, 0) is 20.8 Å². The van der Waals surface area contributed by atoms with Crippen LogP contribution >= 0.6 is 0 Å². The van der Waals surface area contributed by atoms with E-state index >= 15 is 0 Å². The second kappa shape index (κ2) is 5.69. The highest BCUT2D eigenvalue weighted by molar-refractivity contribution is 5.70. The minimum absolute atomic E-state index is 0.143. The third kappa shape index (κ3) is 7.91. The van der Waals surface area contributed by atoms with Gasteiger partial charge in [-0.25, -0.2) is 0 Å². The van der Waals surface area contributed by atoms with Crippen LogP contribution in [0.25, 0.3) is 0 Å². The third-order valence-electron chi connectivity index (χ3n) is 1.47. The van der Waals surface area contributed by atoms with Crippen LogP contribution in [-0.2, 0) is 9.53 Å². The topological polar surface area (TPSA) is 90.6 Å². The average Bonchev–Trinajstić information content (AvgIpc) is 1.99. The van der Waals surface area contributed by atoms with Crippen molar-refractivity contribution in [2.45, 2.75) is 51.4 Å². The van der Waals surface area contributed by atoms with Gasteiger partial charge in [-0.15, -0.1) is 0 Å². The van der Waals surface area contributed by atoms with Crippen molar-refractivity contribution in [3.63, 3.8) is 0 Å². The Bertz CT molecular complexity index is 251. The standard InChI is InChI=1S/C10H17NO4/c1-10(2,3)15-9(14)5-7(12)4-8(13)6-11/h7-8,12-13H,4-5H2,1-3H3/t7-,8+/m1/s1. The second-order valence-corrected chi connectivity index (χ2v) is 4.32. The van der Waals surface area contributed by atoms with Gasteiger partial charge in [0.15, 0.2) is 0 Å². The maximum Gasteiger partial charge on any atom is 0.308 e. The number of hydrogen-bond acceptors (Lipinski definition) is 5. The summed E-state index contributed by atoms with van der Waals surface area (Å²) in [6.45, 7) is 5.17. The molecular formula is C10H17NO4. The van der Waals surface area contributed by atoms with Crippen molar-refractivity contribution in [1.29, 1.82) is 5.26 Å². The van der Waals surface area contributed by atoms with Crippen LogP contribution in [-0.4, -0.2) is 34.0 Å². The lowest BCUT2D eigenvalue weighted by atomic mass is 10.1. The Kier molecular flexibility index (Phi) is 5.26. The Morgan fingerprint density at radius 3 is 2.40 bits per heavy atom. The number of rotatable bonds is 4. The van der Waals surface area contributed by atoms with E-state index in [1.54, 1.807) is 26.8 Å². The van der Waals surface area contributed by atoms with Gasteiger partial charge >= 0.3 is 5.97 Å². The van der Waals surface area contributed by atoms with Crippen molar-refractivity contribution in [3.05, 3.63) is 0 Å². The molecule has 0 aromatic rings. The molecule has 0 aliphatic heterocycles. The molecule has 0 heterocycles. The molecule has 0 aromatic heterocycles. The number of carbonyl (C=O) groups is 1. The fourth-order valence-electron chi connectivity index (χ4n) is 0.969. The molecule has 0 radical (unpaired) electrons. The highest BCUT2D eigenvalue weighted by Crippen LogP contribution is 2.11. The molecule has 0 fully saturated rings. The Morgan fingerprint density at radius 2 is 2.00 bits per heavy atom. The van der Waals surface area contributed by atoms with Crippen LogP contribution in [0, 0.1) is 11.3 Å². The van der Waals surface area contributed by atoms with E-state index < -0.39 is 23.8 Å². The maximum absolute atomic E-state index is 11.2. The second-order valence-electron chi connectivity index (χ2n) is 4.32. The molecule has 86 valence electrons. The number of esters is 1. The quantitative estimate of drug-likeness (QED) is 0.521. The van der Waals surface area contributed by atoms with E-state index in [-0.39, 0.29) is 12.8 Å². The van der Waals surface area contributed by atoms with E-state index in [1.807, 2.05) is 0 Å². The van der Waals surface area contributed by atoms with E-state index in [0.717, 1.165) is 0 Å². The number of nitriles is 1. The number of aliphatic hydroxyl groups is 2. The van der Waals surface area contributed by atoms with Crippen LogP contribution in [0.3, 0.4) is 0 Å². The van der Waals surface area contributed by atoms with Crippen LogP contribution in [0.5, 0.6) is 0 Å². The molecule has 2 N–H and O–H groups in total. The largest absolute Gasteiger partial charge is 0.460 e. The van der Waals surface area contributed by atoms with E-state index in [4.69, 9.17) is 15.1 Å². The zero-order valence-electron chi connectivity index (χ0n) is 9.23. The average molecular weight is 215 g/mol. The molecule has 0 bridgehead atoms. The highest BCUT2D eigenvalue weighted by Gasteiger charge is 2.20. The lowest BCUT2D eigenvalue weighted by Crippen LogP contribution is -2.27. The molecule has 15 heavy (non-hydrogen) atoms. The monoisotopic (exact) mass is 215 g/mol. The van der Waals surface area contributed by atoms with E-state index in [2.05, 4.69) is 0 Å². The molecule has 5 heteroatoms. The summed E-state index contributed by atoms with van der Waals surface area (Å²) < 4.78 is 4.96. The first-order valence-corrected chi connectivity index (χ1v) is 4.72. The summed E-state index contributed by atoms with van der Waals surface area (Å²) in [5, 5.41) is 26.5. The maximum atomic E-state index is 11.2. The molecule has 2 atom stereocenters. The minimum Gasteiger partial charge on any atom is -0.460 e. The van der Waals surface area contributed by atoms with Gasteiger partial charge in [0, 0.05) is 6.42 Å². The lowest BCUT2D eigenvalue weighted by molar-refractivity contribution is -0.157. The summed E-state index contributed by atoms with van der Waals surface area (Å²) in [4.78, 5) is 11.2. The summed E-state index contributed by atoms with van der Waals surface area (Å²) >= 11 is 0. The third-order valence-corrected chi connectivity index (χ3v) is 1.47.